The molecule has 0 aliphatic carbocycles. The van der Waals surface area contributed by atoms with Crippen LogP contribution in [0.5, 0.6) is 0 Å². The van der Waals surface area contributed by atoms with Crippen LogP contribution in [-0.2, 0) is 6.54 Å². The van der Waals surface area contributed by atoms with E-state index in [4.69, 9.17) is 4.52 Å². The van der Waals surface area contributed by atoms with Crippen molar-refractivity contribution >= 4 is 0 Å². The van der Waals surface area contributed by atoms with E-state index >= 15 is 0 Å². The lowest BCUT2D eigenvalue weighted by atomic mass is 9.97. The monoisotopic (exact) mass is 262 g/mol. The van der Waals surface area contributed by atoms with Gasteiger partial charge in [0.2, 0.25) is 0 Å². The summed E-state index contributed by atoms with van der Waals surface area (Å²) in [5, 5.41) is 3.83. The summed E-state index contributed by atoms with van der Waals surface area (Å²) in [4.78, 5) is 1.84. The Kier molecular flexibility index (Phi) is 3.66. The summed E-state index contributed by atoms with van der Waals surface area (Å²) in [7, 11) is 0. The van der Waals surface area contributed by atoms with Gasteiger partial charge in [-0.3, -0.25) is 4.90 Å². The summed E-state index contributed by atoms with van der Waals surface area (Å²) in [6, 6.07) is 0. The van der Waals surface area contributed by atoms with Crippen LogP contribution in [0.4, 0.5) is 13.2 Å². The molecule has 1 aromatic rings. The average Bonchev–Trinajstić information content (AvgIpc) is 2.60. The van der Waals surface area contributed by atoms with Crippen LogP contribution in [0.1, 0.15) is 29.9 Å². The van der Waals surface area contributed by atoms with Crippen LogP contribution in [0.15, 0.2) is 4.52 Å². The van der Waals surface area contributed by atoms with E-state index in [1.54, 1.807) is 6.92 Å². The fourth-order valence-corrected chi connectivity index (χ4v) is 2.42. The maximum Gasteiger partial charge on any atom is 0.393 e. The molecule has 1 aromatic heterocycles. The van der Waals surface area contributed by atoms with E-state index in [0.29, 0.717) is 25.3 Å². The van der Waals surface area contributed by atoms with Crippen molar-refractivity contribution in [3.05, 3.63) is 17.0 Å². The second-order valence-corrected chi connectivity index (χ2v) is 4.92. The summed E-state index contributed by atoms with van der Waals surface area (Å²) in [6.07, 6.45) is -3.26. The van der Waals surface area contributed by atoms with Crippen molar-refractivity contribution in [2.75, 3.05) is 13.1 Å². The minimum Gasteiger partial charge on any atom is -0.361 e. The van der Waals surface area contributed by atoms with Crippen LogP contribution >= 0.6 is 0 Å². The molecule has 2 rings (SSSR count). The van der Waals surface area contributed by atoms with Crippen LogP contribution in [0.25, 0.3) is 0 Å². The van der Waals surface area contributed by atoms with Gasteiger partial charge in [0, 0.05) is 18.7 Å². The van der Waals surface area contributed by atoms with E-state index in [0.717, 1.165) is 11.3 Å². The molecule has 18 heavy (non-hydrogen) atoms. The largest absolute Gasteiger partial charge is 0.393 e. The first kappa shape index (κ1) is 13.4. The van der Waals surface area contributed by atoms with Gasteiger partial charge in [-0.25, -0.2) is 0 Å². The molecule has 0 spiro atoms. The van der Waals surface area contributed by atoms with E-state index in [1.807, 2.05) is 11.8 Å². The molecule has 0 unspecified atom stereocenters. The molecule has 1 aliphatic rings. The normalized spacial score (nSPS) is 22.4. The fourth-order valence-electron chi connectivity index (χ4n) is 2.42. The highest BCUT2D eigenvalue weighted by Gasteiger charge is 2.41. The van der Waals surface area contributed by atoms with Crippen LogP contribution in [0.3, 0.4) is 0 Å². The number of rotatable bonds is 2. The molecular weight excluding hydrogens is 245 g/mol. The zero-order valence-corrected chi connectivity index (χ0v) is 10.5. The minimum absolute atomic E-state index is 0.0769. The van der Waals surface area contributed by atoms with Crippen molar-refractivity contribution in [1.82, 2.24) is 10.1 Å². The van der Waals surface area contributed by atoms with Crippen LogP contribution in [0, 0.1) is 19.8 Å². The van der Waals surface area contributed by atoms with E-state index < -0.39 is 12.1 Å². The van der Waals surface area contributed by atoms with Gasteiger partial charge < -0.3 is 4.52 Å². The van der Waals surface area contributed by atoms with Crippen molar-refractivity contribution in [3.63, 3.8) is 0 Å². The third-order valence-corrected chi connectivity index (χ3v) is 3.53. The van der Waals surface area contributed by atoms with Crippen LogP contribution < -0.4 is 0 Å². The zero-order valence-electron chi connectivity index (χ0n) is 10.5. The SMILES string of the molecule is Cc1noc(C)c1CN1CCC[C@@H](C(F)(F)F)C1. The molecule has 1 saturated heterocycles. The Morgan fingerprint density at radius 2 is 2.11 bits per heavy atom. The molecule has 102 valence electrons. The maximum absolute atomic E-state index is 12.7. The lowest BCUT2D eigenvalue weighted by Gasteiger charge is -2.33. The molecule has 0 radical (unpaired) electrons. The lowest BCUT2D eigenvalue weighted by Crippen LogP contribution is -2.41. The number of nitrogens with zero attached hydrogens (tertiary/aromatic N) is 2. The van der Waals surface area contributed by atoms with E-state index in [2.05, 4.69) is 5.16 Å². The quantitative estimate of drug-likeness (QED) is 0.820. The Bertz CT molecular complexity index is 394. The molecule has 0 bridgehead atoms. The number of aryl methyl sites for hydroxylation is 2. The minimum atomic E-state index is -4.09. The Labute approximate surface area is 104 Å². The molecule has 1 atom stereocenters. The lowest BCUT2D eigenvalue weighted by molar-refractivity contribution is -0.187. The first-order chi connectivity index (χ1) is 8.38. The van der Waals surface area contributed by atoms with Crippen molar-refractivity contribution in [2.24, 2.45) is 5.92 Å². The van der Waals surface area contributed by atoms with Crippen molar-refractivity contribution < 1.29 is 17.7 Å². The molecule has 0 saturated carbocycles. The van der Waals surface area contributed by atoms with Crippen LogP contribution in [0.2, 0.25) is 0 Å². The molecule has 1 aliphatic heterocycles. The third kappa shape index (κ3) is 2.85. The van der Waals surface area contributed by atoms with Gasteiger partial charge in [0.25, 0.3) is 0 Å². The summed E-state index contributed by atoms with van der Waals surface area (Å²) in [5.41, 5.74) is 1.68. The summed E-state index contributed by atoms with van der Waals surface area (Å²) < 4.78 is 43.1. The highest BCUT2D eigenvalue weighted by atomic mass is 19.4. The Balaban J connectivity index is 2.02. The number of hydrogen-bond acceptors (Lipinski definition) is 3. The number of halogens is 3. The zero-order chi connectivity index (χ0) is 13.3. The molecule has 0 aromatic carbocycles. The van der Waals surface area contributed by atoms with Crippen molar-refractivity contribution in [3.8, 4) is 0 Å². The maximum atomic E-state index is 12.7. The average molecular weight is 262 g/mol. The van der Waals surface area contributed by atoms with Crippen LogP contribution in [-0.4, -0.2) is 29.3 Å². The first-order valence-corrected chi connectivity index (χ1v) is 6.08. The number of likely N-dealkylation sites (tertiary alicyclic amines) is 1. The molecule has 0 N–H and O–H groups in total. The highest BCUT2D eigenvalue weighted by molar-refractivity contribution is 5.20. The molecular formula is C12H17F3N2O. The Morgan fingerprint density at radius 3 is 2.67 bits per heavy atom. The van der Waals surface area contributed by atoms with Gasteiger partial charge in [-0.05, 0) is 33.2 Å². The summed E-state index contributed by atoms with van der Waals surface area (Å²) in [5.74, 6) is -0.506. The smallest absolute Gasteiger partial charge is 0.361 e. The van der Waals surface area contributed by atoms with Gasteiger partial charge >= 0.3 is 6.18 Å². The molecule has 2 heterocycles. The molecule has 3 nitrogen and oxygen atoms in total. The molecule has 6 heteroatoms. The topological polar surface area (TPSA) is 29.3 Å². The van der Waals surface area contributed by atoms with E-state index in [1.165, 1.54) is 0 Å². The Hall–Kier alpha value is -1.04. The van der Waals surface area contributed by atoms with Gasteiger partial charge in [0.1, 0.15) is 5.76 Å². The Morgan fingerprint density at radius 1 is 1.39 bits per heavy atom. The number of piperidine rings is 1. The summed E-state index contributed by atoms with van der Waals surface area (Å²) >= 11 is 0. The second kappa shape index (κ2) is 4.91. The third-order valence-electron chi connectivity index (χ3n) is 3.53. The fraction of sp³-hybridized carbons (Fsp3) is 0.750. The number of aromatic nitrogens is 1. The van der Waals surface area contributed by atoms with Gasteiger partial charge in [0.15, 0.2) is 0 Å². The van der Waals surface area contributed by atoms with Gasteiger partial charge in [-0.15, -0.1) is 0 Å². The van der Waals surface area contributed by atoms with Gasteiger partial charge in [0.05, 0.1) is 11.6 Å². The standard InChI is InChI=1S/C12H17F3N2O/c1-8-11(9(2)18-16-8)7-17-5-3-4-10(6-17)12(13,14)15/h10H,3-7H2,1-2H3/t10-/m1/s1. The van der Waals surface area contributed by atoms with E-state index in [-0.39, 0.29) is 13.0 Å². The number of alkyl halides is 3. The molecule has 1 fully saturated rings. The number of hydrogen-bond donors (Lipinski definition) is 0. The van der Waals surface area contributed by atoms with Gasteiger partial charge in [-0.2, -0.15) is 13.2 Å². The van der Waals surface area contributed by atoms with Crippen molar-refractivity contribution in [1.29, 1.82) is 0 Å². The predicted octanol–water partition coefficient (Wildman–Crippen LogP) is 3.07. The van der Waals surface area contributed by atoms with E-state index in [9.17, 15) is 13.2 Å². The molecule has 0 amide bonds. The second-order valence-electron chi connectivity index (χ2n) is 4.92. The predicted molar refractivity (Wildman–Crippen MR) is 60.0 cm³/mol. The summed E-state index contributed by atoms with van der Waals surface area (Å²) in [6.45, 7) is 4.88. The van der Waals surface area contributed by atoms with Gasteiger partial charge in [-0.1, -0.05) is 5.16 Å². The highest BCUT2D eigenvalue weighted by Crippen LogP contribution is 2.33. The first-order valence-electron chi connectivity index (χ1n) is 6.08. The van der Waals surface area contributed by atoms with Crippen molar-refractivity contribution in [2.45, 2.75) is 39.4 Å².